The molecule has 0 bridgehead atoms. The standard InChI is InChI=1S/C16H21N3/c1-12-6-8-19(9-7-12)11-14-10-13-4-2-3-5-15(13)18-16(14)17/h2-5,10,12H,6-9,11H2,1H3,(H2,17,18). The number of nitrogen functional groups attached to an aromatic ring is 1. The number of para-hydroxylation sites is 1. The Morgan fingerprint density at radius 3 is 2.79 bits per heavy atom. The number of hydrogen-bond acceptors (Lipinski definition) is 3. The molecular formula is C16H21N3. The molecule has 0 aliphatic carbocycles. The van der Waals surface area contributed by atoms with E-state index in [1.54, 1.807) is 0 Å². The molecule has 19 heavy (non-hydrogen) atoms. The Bertz CT molecular complexity index is 571. The van der Waals surface area contributed by atoms with Gasteiger partial charge < -0.3 is 5.73 Å². The first-order valence-corrected chi connectivity index (χ1v) is 7.09. The van der Waals surface area contributed by atoms with Crippen molar-refractivity contribution >= 4 is 16.7 Å². The highest BCUT2D eigenvalue weighted by Gasteiger charge is 2.17. The predicted molar refractivity (Wildman–Crippen MR) is 79.8 cm³/mol. The Hall–Kier alpha value is -1.61. The van der Waals surface area contributed by atoms with Crippen molar-refractivity contribution in [3.63, 3.8) is 0 Å². The molecule has 2 N–H and O–H groups in total. The third-order valence-corrected chi connectivity index (χ3v) is 4.11. The van der Waals surface area contributed by atoms with E-state index in [1.807, 2.05) is 18.2 Å². The lowest BCUT2D eigenvalue weighted by Crippen LogP contribution is -2.32. The topological polar surface area (TPSA) is 42.2 Å². The van der Waals surface area contributed by atoms with Gasteiger partial charge in [0.1, 0.15) is 5.82 Å². The average Bonchev–Trinajstić information content (AvgIpc) is 2.42. The maximum Gasteiger partial charge on any atom is 0.128 e. The molecule has 1 aliphatic heterocycles. The molecule has 1 aromatic carbocycles. The first-order valence-electron chi connectivity index (χ1n) is 7.09. The number of hydrogen-bond donors (Lipinski definition) is 1. The third-order valence-electron chi connectivity index (χ3n) is 4.11. The highest BCUT2D eigenvalue weighted by molar-refractivity contribution is 5.81. The van der Waals surface area contributed by atoms with Crippen molar-refractivity contribution in [2.75, 3.05) is 18.8 Å². The van der Waals surface area contributed by atoms with Crippen LogP contribution in [-0.4, -0.2) is 23.0 Å². The van der Waals surface area contributed by atoms with Crippen molar-refractivity contribution in [1.82, 2.24) is 9.88 Å². The maximum absolute atomic E-state index is 6.09. The summed E-state index contributed by atoms with van der Waals surface area (Å²) in [6, 6.07) is 10.4. The van der Waals surface area contributed by atoms with Gasteiger partial charge in [-0.1, -0.05) is 25.1 Å². The zero-order valence-corrected chi connectivity index (χ0v) is 11.5. The Kier molecular flexibility index (Phi) is 3.38. The van der Waals surface area contributed by atoms with E-state index < -0.39 is 0 Å². The Morgan fingerprint density at radius 1 is 1.26 bits per heavy atom. The summed E-state index contributed by atoms with van der Waals surface area (Å²) >= 11 is 0. The minimum atomic E-state index is 0.678. The minimum absolute atomic E-state index is 0.678. The third kappa shape index (κ3) is 2.71. The lowest BCUT2D eigenvalue weighted by atomic mass is 9.99. The van der Waals surface area contributed by atoms with Gasteiger partial charge in [-0.3, -0.25) is 4.90 Å². The van der Waals surface area contributed by atoms with Crippen LogP contribution < -0.4 is 5.73 Å². The summed E-state index contributed by atoms with van der Waals surface area (Å²) in [6.45, 7) is 5.61. The average molecular weight is 255 g/mol. The summed E-state index contributed by atoms with van der Waals surface area (Å²) < 4.78 is 0. The highest BCUT2D eigenvalue weighted by Crippen LogP contribution is 2.22. The van der Waals surface area contributed by atoms with E-state index in [0.29, 0.717) is 5.82 Å². The fraction of sp³-hybridized carbons (Fsp3) is 0.438. The molecule has 1 aliphatic rings. The zero-order valence-electron chi connectivity index (χ0n) is 11.5. The summed E-state index contributed by atoms with van der Waals surface area (Å²) in [5, 5.41) is 1.18. The van der Waals surface area contributed by atoms with Crippen molar-refractivity contribution in [3.8, 4) is 0 Å². The molecule has 0 atom stereocenters. The number of aromatic nitrogens is 1. The first kappa shape index (κ1) is 12.4. The number of rotatable bonds is 2. The van der Waals surface area contributed by atoms with Gasteiger partial charge in [0.25, 0.3) is 0 Å². The Morgan fingerprint density at radius 2 is 2.00 bits per heavy atom. The fourth-order valence-electron chi connectivity index (χ4n) is 2.76. The van der Waals surface area contributed by atoms with E-state index in [4.69, 9.17) is 5.73 Å². The highest BCUT2D eigenvalue weighted by atomic mass is 15.1. The van der Waals surface area contributed by atoms with E-state index in [-0.39, 0.29) is 0 Å². The van der Waals surface area contributed by atoms with Gasteiger partial charge in [-0.05, 0) is 44.0 Å². The summed E-state index contributed by atoms with van der Waals surface area (Å²) in [5.41, 5.74) is 8.24. The maximum atomic E-state index is 6.09. The summed E-state index contributed by atoms with van der Waals surface area (Å²) in [5.74, 6) is 1.54. The predicted octanol–water partition coefficient (Wildman–Crippen LogP) is 3.05. The van der Waals surface area contributed by atoms with Crippen molar-refractivity contribution in [2.24, 2.45) is 5.92 Å². The lowest BCUT2D eigenvalue weighted by Gasteiger charge is -2.30. The number of likely N-dealkylation sites (tertiary alicyclic amines) is 1. The summed E-state index contributed by atoms with van der Waals surface area (Å²) in [4.78, 5) is 7.00. The van der Waals surface area contributed by atoms with Crippen molar-refractivity contribution in [1.29, 1.82) is 0 Å². The molecule has 3 nitrogen and oxygen atoms in total. The molecule has 0 amide bonds. The van der Waals surface area contributed by atoms with Gasteiger partial charge in [0, 0.05) is 17.5 Å². The number of pyridine rings is 1. The molecule has 0 spiro atoms. The fourth-order valence-corrected chi connectivity index (χ4v) is 2.76. The molecular weight excluding hydrogens is 234 g/mol. The molecule has 1 aromatic heterocycles. The number of piperidine rings is 1. The second-order valence-electron chi connectivity index (χ2n) is 5.68. The largest absolute Gasteiger partial charge is 0.383 e. The second-order valence-corrected chi connectivity index (χ2v) is 5.68. The van der Waals surface area contributed by atoms with Crippen LogP contribution in [0, 0.1) is 5.92 Å². The van der Waals surface area contributed by atoms with Crippen molar-refractivity contribution in [2.45, 2.75) is 26.3 Å². The van der Waals surface area contributed by atoms with Crippen LogP contribution in [0.15, 0.2) is 30.3 Å². The van der Waals surface area contributed by atoms with Gasteiger partial charge in [-0.15, -0.1) is 0 Å². The number of benzene rings is 1. The van der Waals surface area contributed by atoms with Crippen molar-refractivity contribution < 1.29 is 0 Å². The van der Waals surface area contributed by atoms with E-state index in [9.17, 15) is 0 Å². The van der Waals surface area contributed by atoms with Gasteiger partial charge in [-0.25, -0.2) is 4.98 Å². The molecule has 0 radical (unpaired) electrons. The van der Waals surface area contributed by atoms with Crippen LogP contribution in [0.1, 0.15) is 25.3 Å². The van der Waals surface area contributed by atoms with Gasteiger partial charge in [0.05, 0.1) is 5.52 Å². The minimum Gasteiger partial charge on any atom is -0.383 e. The quantitative estimate of drug-likeness (QED) is 0.896. The SMILES string of the molecule is CC1CCN(Cc2cc3ccccc3nc2N)CC1. The zero-order chi connectivity index (χ0) is 13.2. The van der Waals surface area contributed by atoms with Gasteiger partial charge in [-0.2, -0.15) is 0 Å². The van der Waals surface area contributed by atoms with Gasteiger partial charge in [0.15, 0.2) is 0 Å². The monoisotopic (exact) mass is 255 g/mol. The normalized spacial score (nSPS) is 17.9. The van der Waals surface area contributed by atoms with Crippen LogP contribution in [0.4, 0.5) is 5.82 Å². The number of nitrogens with zero attached hydrogens (tertiary/aromatic N) is 2. The van der Waals surface area contributed by atoms with Crippen LogP contribution in [-0.2, 0) is 6.54 Å². The van der Waals surface area contributed by atoms with Gasteiger partial charge >= 0.3 is 0 Å². The Balaban J connectivity index is 1.82. The lowest BCUT2D eigenvalue weighted by molar-refractivity contribution is 0.185. The smallest absolute Gasteiger partial charge is 0.128 e. The molecule has 3 rings (SSSR count). The second kappa shape index (κ2) is 5.17. The first-order chi connectivity index (χ1) is 9.22. The van der Waals surface area contributed by atoms with E-state index in [1.165, 1.54) is 31.3 Å². The molecule has 2 heterocycles. The molecule has 0 unspecified atom stereocenters. The molecule has 1 saturated heterocycles. The summed E-state index contributed by atoms with van der Waals surface area (Å²) in [7, 11) is 0. The van der Waals surface area contributed by atoms with Crippen molar-refractivity contribution in [3.05, 3.63) is 35.9 Å². The van der Waals surface area contributed by atoms with Crippen LogP contribution >= 0.6 is 0 Å². The van der Waals surface area contributed by atoms with Crippen LogP contribution in [0.25, 0.3) is 10.9 Å². The number of anilines is 1. The van der Waals surface area contributed by atoms with Gasteiger partial charge in [0.2, 0.25) is 0 Å². The van der Waals surface area contributed by atoms with Crippen LogP contribution in [0.2, 0.25) is 0 Å². The number of nitrogens with two attached hydrogens (primary N) is 1. The molecule has 1 fully saturated rings. The van der Waals surface area contributed by atoms with Crippen LogP contribution in [0.3, 0.4) is 0 Å². The number of fused-ring (bicyclic) bond motifs is 1. The van der Waals surface area contributed by atoms with E-state index in [0.717, 1.165) is 23.5 Å². The van der Waals surface area contributed by atoms with E-state index >= 15 is 0 Å². The molecule has 0 saturated carbocycles. The van der Waals surface area contributed by atoms with E-state index in [2.05, 4.69) is 28.9 Å². The summed E-state index contributed by atoms with van der Waals surface area (Å²) in [6.07, 6.45) is 2.59. The van der Waals surface area contributed by atoms with Crippen LogP contribution in [0.5, 0.6) is 0 Å². The molecule has 100 valence electrons. The Labute approximate surface area is 114 Å². The molecule has 3 heteroatoms. The molecule has 2 aromatic rings.